The van der Waals surface area contributed by atoms with E-state index < -0.39 is 0 Å². The number of allylic oxidation sites excluding steroid dienone is 1. The summed E-state index contributed by atoms with van der Waals surface area (Å²) in [4.78, 5) is 29.3. The Morgan fingerprint density at radius 1 is 1.11 bits per heavy atom. The smallest absolute Gasteiger partial charge is 0.249 e. The summed E-state index contributed by atoms with van der Waals surface area (Å²) >= 11 is 0. The normalized spacial score (nSPS) is 24.7. The van der Waals surface area contributed by atoms with E-state index in [-0.39, 0.29) is 11.8 Å². The third kappa shape index (κ3) is 5.81. The lowest BCUT2D eigenvalue weighted by molar-refractivity contribution is -0.129. The van der Waals surface area contributed by atoms with Crippen molar-refractivity contribution in [1.82, 2.24) is 15.1 Å². The Morgan fingerprint density at radius 3 is 2.63 bits per heavy atom. The van der Waals surface area contributed by atoms with Crippen molar-refractivity contribution in [3.8, 4) is 0 Å². The largest absolute Gasteiger partial charge is 0.355 e. The Kier molecular flexibility index (Phi) is 7.74. The van der Waals surface area contributed by atoms with E-state index in [9.17, 15) is 9.59 Å². The highest BCUT2D eigenvalue weighted by molar-refractivity contribution is 5.93. The molecule has 0 bridgehead atoms. The molecule has 0 radical (unpaired) electrons. The first-order valence-corrected chi connectivity index (χ1v) is 11.2. The van der Waals surface area contributed by atoms with Crippen LogP contribution in [0.4, 0.5) is 0 Å². The zero-order chi connectivity index (χ0) is 19.1. The van der Waals surface area contributed by atoms with Gasteiger partial charge in [0.2, 0.25) is 11.8 Å². The van der Waals surface area contributed by atoms with E-state index in [0.717, 1.165) is 70.3 Å². The van der Waals surface area contributed by atoms with Gasteiger partial charge in [-0.25, -0.2) is 0 Å². The number of likely N-dealkylation sites (tertiary alicyclic amines) is 2. The Balaban J connectivity index is 1.31. The van der Waals surface area contributed by atoms with Crippen LogP contribution in [0, 0.1) is 5.92 Å². The quantitative estimate of drug-likeness (QED) is 0.744. The Hall–Kier alpha value is -1.36. The van der Waals surface area contributed by atoms with E-state index in [0.29, 0.717) is 18.4 Å². The van der Waals surface area contributed by atoms with Gasteiger partial charge in [0.05, 0.1) is 0 Å². The molecule has 5 heteroatoms. The highest BCUT2D eigenvalue weighted by Gasteiger charge is 2.26. The van der Waals surface area contributed by atoms with E-state index in [1.54, 1.807) is 0 Å². The summed E-state index contributed by atoms with van der Waals surface area (Å²) in [6.45, 7) is 6.96. The lowest BCUT2D eigenvalue weighted by atomic mass is 9.91. The van der Waals surface area contributed by atoms with Crippen molar-refractivity contribution < 1.29 is 9.59 Å². The highest BCUT2D eigenvalue weighted by Crippen LogP contribution is 2.25. The average Bonchev–Trinajstić information content (AvgIpc) is 3.19. The number of nitrogens with zero attached hydrogens (tertiary/aromatic N) is 2. The van der Waals surface area contributed by atoms with Crippen LogP contribution in [0.2, 0.25) is 0 Å². The topological polar surface area (TPSA) is 52.7 Å². The molecule has 2 aliphatic heterocycles. The second-order valence-electron chi connectivity index (χ2n) is 8.48. The minimum Gasteiger partial charge on any atom is -0.355 e. The number of hydrogen-bond acceptors (Lipinski definition) is 3. The van der Waals surface area contributed by atoms with Gasteiger partial charge in [-0.15, -0.1) is 0 Å². The van der Waals surface area contributed by atoms with E-state index in [1.165, 1.54) is 25.8 Å². The molecule has 0 aromatic rings. The van der Waals surface area contributed by atoms with Gasteiger partial charge in [0, 0.05) is 37.7 Å². The number of hydrogen-bond donors (Lipinski definition) is 1. The molecule has 0 aromatic heterocycles. The molecule has 1 unspecified atom stereocenters. The van der Waals surface area contributed by atoms with Crippen molar-refractivity contribution in [2.75, 3.05) is 32.7 Å². The molecule has 152 valence electrons. The van der Waals surface area contributed by atoms with Gasteiger partial charge < -0.3 is 10.2 Å². The molecule has 2 saturated heterocycles. The molecule has 3 rings (SSSR count). The minimum atomic E-state index is 0.198. The number of carbonyl (C=O) groups is 2. The first-order valence-electron chi connectivity index (χ1n) is 11.2. The molecular weight excluding hydrogens is 338 g/mol. The second-order valence-corrected chi connectivity index (χ2v) is 8.48. The number of likely N-dealkylation sites (N-methyl/N-ethyl adjacent to an activating group) is 1. The zero-order valence-corrected chi connectivity index (χ0v) is 17.0. The predicted octanol–water partition coefficient (Wildman–Crippen LogP) is 3.11. The Labute approximate surface area is 164 Å². The fourth-order valence-corrected chi connectivity index (χ4v) is 4.86. The third-order valence-electron chi connectivity index (χ3n) is 6.69. The average molecular weight is 376 g/mol. The minimum absolute atomic E-state index is 0.198. The molecule has 1 N–H and O–H groups in total. The van der Waals surface area contributed by atoms with Crippen LogP contribution >= 0.6 is 0 Å². The standard InChI is InChI=1S/C22H37N3O2/c1-2-24-14-6-9-20(24)17-23-21(26)11-10-18-12-15-25(16-13-18)22(27)19-7-4-3-5-8-19/h7,18,20H,2-6,8-17H2,1H3,(H,23,26). The van der Waals surface area contributed by atoms with Crippen molar-refractivity contribution in [3.63, 3.8) is 0 Å². The van der Waals surface area contributed by atoms with Crippen molar-refractivity contribution in [2.45, 2.75) is 77.2 Å². The summed E-state index contributed by atoms with van der Waals surface area (Å²) in [5.41, 5.74) is 1.03. The Morgan fingerprint density at radius 2 is 1.93 bits per heavy atom. The number of rotatable bonds is 7. The fraction of sp³-hybridized carbons (Fsp3) is 0.818. The fourth-order valence-electron chi connectivity index (χ4n) is 4.86. The summed E-state index contributed by atoms with van der Waals surface area (Å²) in [7, 11) is 0. The molecule has 2 fully saturated rings. The summed E-state index contributed by atoms with van der Waals surface area (Å²) in [5.74, 6) is 1.05. The second kappa shape index (κ2) is 10.3. The van der Waals surface area contributed by atoms with Gasteiger partial charge in [-0.3, -0.25) is 14.5 Å². The van der Waals surface area contributed by atoms with Crippen molar-refractivity contribution in [2.24, 2.45) is 5.92 Å². The van der Waals surface area contributed by atoms with Gasteiger partial charge in [0.25, 0.3) is 0 Å². The van der Waals surface area contributed by atoms with Crippen LogP contribution in [-0.4, -0.2) is 60.4 Å². The van der Waals surface area contributed by atoms with Crippen molar-refractivity contribution >= 4 is 11.8 Å². The molecule has 3 aliphatic rings. The number of carbonyl (C=O) groups excluding carboxylic acids is 2. The number of piperidine rings is 1. The van der Waals surface area contributed by atoms with Crippen LogP contribution in [0.15, 0.2) is 11.6 Å². The zero-order valence-electron chi connectivity index (χ0n) is 17.0. The van der Waals surface area contributed by atoms with Crippen molar-refractivity contribution in [3.05, 3.63) is 11.6 Å². The first kappa shape index (κ1) is 20.4. The molecule has 0 saturated carbocycles. The number of nitrogens with one attached hydrogen (secondary N) is 1. The molecule has 2 heterocycles. The van der Waals surface area contributed by atoms with Crippen LogP contribution in [0.1, 0.15) is 71.1 Å². The summed E-state index contributed by atoms with van der Waals surface area (Å²) in [6, 6.07) is 0.530. The summed E-state index contributed by atoms with van der Waals surface area (Å²) in [5, 5.41) is 3.15. The molecule has 0 aromatic carbocycles. The van der Waals surface area contributed by atoms with Gasteiger partial charge in [0.1, 0.15) is 0 Å². The van der Waals surface area contributed by atoms with Crippen LogP contribution in [0.25, 0.3) is 0 Å². The maximum absolute atomic E-state index is 12.6. The van der Waals surface area contributed by atoms with E-state index in [4.69, 9.17) is 0 Å². The molecule has 27 heavy (non-hydrogen) atoms. The lowest BCUT2D eigenvalue weighted by Crippen LogP contribution is -2.41. The SMILES string of the molecule is CCN1CCCC1CNC(=O)CCC1CCN(C(=O)C2=CCCCC2)CC1. The molecule has 0 spiro atoms. The van der Waals surface area contributed by atoms with Crippen LogP contribution in [0.5, 0.6) is 0 Å². The van der Waals surface area contributed by atoms with Gasteiger partial charge in [-0.05, 0) is 76.8 Å². The highest BCUT2D eigenvalue weighted by atomic mass is 16.2. The monoisotopic (exact) mass is 375 g/mol. The summed E-state index contributed by atoms with van der Waals surface area (Å²) < 4.78 is 0. The number of amides is 2. The van der Waals surface area contributed by atoms with Gasteiger partial charge in [-0.2, -0.15) is 0 Å². The Bertz CT molecular complexity index is 538. The van der Waals surface area contributed by atoms with Crippen molar-refractivity contribution in [1.29, 1.82) is 0 Å². The van der Waals surface area contributed by atoms with E-state index in [2.05, 4.69) is 23.2 Å². The van der Waals surface area contributed by atoms with E-state index >= 15 is 0 Å². The molecule has 1 atom stereocenters. The molecule has 2 amide bonds. The molecule has 5 nitrogen and oxygen atoms in total. The predicted molar refractivity (Wildman–Crippen MR) is 108 cm³/mol. The maximum atomic E-state index is 12.6. The third-order valence-corrected chi connectivity index (χ3v) is 6.69. The van der Waals surface area contributed by atoms with Gasteiger partial charge >= 0.3 is 0 Å². The van der Waals surface area contributed by atoms with Gasteiger partial charge in [-0.1, -0.05) is 13.0 Å². The molecule has 1 aliphatic carbocycles. The lowest BCUT2D eigenvalue weighted by Gasteiger charge is -2.33. The van der Waals surface area contributed by atoms with Crippen LogP contribution in [0.3, 0.4) is 0 Å². The van der Waals surface area contributed by atoms with E-state index in [1.807, 2.05) is 4.90 Å². The maximum Gasteiger partial charge on any atom is 0.249 e. The van der Waals surface area contributed by atoms with Gasteiger partial charge in [0.15, 0.2) is 0 Å². The first-order chi connectivity index (χ1) is 13.2. The van der Waals surface area contributed by atoms with Crippen LogP contribution < -0.4 is 5.32 Å². The summed E-state index contributed by atoms with van der Waals surface area (Å²) in [6.07, 6.45) is 12.7. The molecular formula is C22H37N3O2. The van der Waals surface area contributed by atoms with Crippen LogP contribution in [-0.2, 0) is 9.59 Å².